The van der Waals surface area contributed by atoms with Gasteiger partial charge in [-0.2, -0.15) is 0 Å². The Morgan fingerprint density at radius 1 is 1.22 bits per heavy atom. The second-order valence-corrected chi connectivity index (χ2v) is 8.71. The Labute approximate surface area is 158 Å². The molecule has 0 aliphatic carbocycles. The summed E-state index contributed by atoms with van der Waals surface area (Å²) in [5.74, 6) is 1.14. The Bertz CT molecular complexity index is 898. The number of carbonyl (C=O) groups excluding carboxylic acids is 1. The van der Waals surface area contributed by atoms with Gasteiger partial charge in [-0.25, -0.2) is 8.42 Å². The fourth-order valence-electron chi connectivity index (χ4n) is 2.90. The van der Waals surface area contributed by atoms with Crippen LogP contribution in [0.1, 0.15) is 22.5 Å². The highest BCUT2D eigenvalue weighted by molar-refractivity contribution is 7.91. The first-order valence-electron chi connectivity index (χ1n) is 8.56. The first-order chi connectivity index (χ1) is 12.9. The Balaban J connectivity index is 1.58. The number of amides is 1. The van der Waals surface area contributed by atoms with Gasteiger partial charge >= 0.3 is 0 Å². The molecule has 1 aliphatic rings. The molecule has 1 amide bonds. The summed E-state index contributed by atoms with van der Waals surface area (Å²) in [6.45, 7) is 0.561. The van der Waals surface area contributed by atoms with E-state index in [2.05, 4.69) is 15.5 Å². The van der Waals surface area contributed by atoms with Crippen LogP contribution in [-0.4, -0.2) is 61.1 Å². The van der Waals surface area contributed by atoms with Gasteiger partial charge in [-0.05, 0) is 36.2 Å². The molecule has 3 rings (SSSR count). The number of rotatable bonds is 6. The van der Waals surface area contributed by atoms with Crippen molar-refractivity contribution in [3.63, 3.8) is 0 Å². The second-order valence-electron chi connectivity index (χ2n) is 6.48. The number of aromatic nitrogens is 2. The van der Waals surface area contributed by atoms with Crippen LogP contribution in [0.3, 0.4) is 0 Å². The summed E-state index contributed by atoms with van der Waals surface area (Å²) in [4.78, 5) is 13.9. The van der Waals surface area contributed by atoms with Crippen LogP contribution in [0.5, 0.6) is 5.75 Å². The third-order valence-electron chi connectivity index (χ3n) is 4.59. The van der Waals surface area contributed by atoms with Crippen molar-refractivity contribution in [2.24, 2.45) is 0 Å². The van der Waals surface area contributed by atoms with Crippen LogP contribution in [0.15, 0.2) is 36.4 Å². The fraction of sp³-hybridized carbons (Fsp3) is 0.389. The maximum absolute atomic E-state index is 12.5. The van der Waals surface area contributed by atoms with E-state index in [4.69, 9.17) is 4.74 Å². The Kier molecular flexibility index (Phi) is 5.59. The Morgan fingerprint density at radius 2 is 1.96 bits per heavy atom. The summed E-state index contributed by atoms with van der Waals surface area (Å²) in [7, 11) is 0.173. The zero-order chi connectivity index (χ0) is 19.4. The van der Waals surface area contributed by atoms with Gasteiger partial charge in [0.1, 0.15) is 11.6 Å². The maximum atomic E-state index is 12.5. The zero-order valence-corrected chi connectivity index (χ0v) is 16.1. The first-order valence-corrected chi connectivity index (χ1v) is 10.4. The van der Waals surface area contributed by atoms with Gasteiger partial charge in [0.05, 0.1) is 18.6 Å². The zero-order valence-electron chi connectivity index (χ0n) is 15.3. The smallest absolute Gasteiger partial charge is 0.274 e. The highest BCUT2D eigenvalue weighted by Gasteiger charge is 2.33. The number of methoxy groups -OCH3 is 1. The lowest BCUT2D eigenvalue weighted by Gasteiger charge is -2.22. The van der Waals surface area contributed by atoms with Gasteiger partial charge in [-0.3, -0.25) is 4.79 Å². The SMILES string of the molecule is COc1ccc(CNc2ccc(C(=O)N(C)C3CCS(=O)(=O)C3)nn2)cc1. The maximum Gasteiger partial charge on any atom is 0.274 e. The number of carbonyl (C=O) groups is 1. The Hall–Kier alpha value is -2.68. The molecule has 9 heteroatoms. The number of ether oxygens (including phenoxy) is 1. The number of hydrogen-bond donors (Lipinski definition) is 1. The summed E-state index contributed by atoms with van der Waals surface area (Å²) >= 11 is 0. The lowest BCUT2D eigenvalue weighted by molar-refractivity contribution is 0.0740. The van der Waals surface area contributed by atoms with Gasteiger partial charge in [0.2, 0.25) is 0 Å². The van der Waals surface area contributed by atoms with E-state index in [1.165, 1.54) is 4.90 Å². The van der Waals surface area contributed by atoms with Crippen LogP contribution in [0.4, 0.5) is 5.82 Å². The van der Waals surface area contributed by atoms with Crippen molar-refractivity contribution >= 4 is 21.6 Å². The first kappa shape index (κ1) is 19.1. The number of benzene rings is 1. The van der Waals surface area contributed by atoms with Gasteiger partial charge < -0.3 is 15.0 Å². The molecule has 2 heterocycles. The van der Waals surface area contributed by atoms with Gasteiger partial charge in [0.15, 0.2) is 15.5 Å². The van der Waals surface area contributed by atoms with Crippen LogP contribution >= 0.6 is 0 Å². The molecule has 1 unspecified atom stereocenters. The molecule has 1 fully saturated rings. The largest absolute Gasteiger partial charge is 0.497 e. The Morgan fingerprint density at radius 3 is 2.52 bits per heavy atom. The molecule has 0 spiro atoms. The number of hydrogen-bond acceptors (Lipinski definition) is 7. The van der Waals surface area contributed by atoms with Crippen molar-refractivity contribution in [1.82, 2.24) is 15.1 Å². The molecule has 27 heavy (non-hydrogen) atoms. The summed E-state index contributed by atoms with van der Waals surface area (Å²) < 4.78 is 28.3. The average Bonchev–Trinajstić information content (AvgIpc) is 3.05. The molecule has 1 N–H and O–H groups in total. The van der Waals surface area contributed by atoms with Crippen molar-refractivity contribution in [2.75, 3.05) is 31.0 Å². The standard InChI is InChI=1S/C18H22N4O4S/c1-22(14-9-10-27(24,25)12-14)18(23)16-7-8-17(21-20-16)19-11-13-3-5-15(26-2)6-4-13/h3-8,14H,9-12H2,1-2H3,(H,19,21). The van der Waals surface area contributed by atoms with E-state index < -0.39 is 9.84 Å². The summed E-state index contributed by atoms with van der Waals surface area (Å²) in [6, 6.07) is 10.6. The molecule has 1 saturated heterocycles. The van der Waals surface area contributed by atoms with Crippen molar-refractivity contribution in [2.45, 2.75) is 19.0 Å². The lowest BCUT2D eigenvalue weighted by Crippen LogP contribution is -2.38. The number of nitrogens with one attached hydrogen (secondary N) is 1. The number of nitrogens with zero attached hydrogens (tertiary/aromatic N) is 3. The summed E-state index contributed by atoms with van der Waals surface area (Å²) in [5, 5.41) is 11.1. The van der Waals surface area contributed by atoms with Crippen LogP contribution in [0, 0.1) is 0 Å². The minimum absolute atomic E-state index is 0.00414. The van der Waals surface area contributed by atoms with Crippen LogP contribution < -0.4 is 10.1 Å². The number of anilines is 1. The van der Waals surface area contributed by atoms with Crippen LogP contribution in [0.25, 0.3) is 0 Å². The molecule has 0 saturated carbocycles. The van der Waals surface area contributed by atoms with Crippen LogP contribution in [0.2, 0.25) is 0 Å². The predicted octanol–water partition coefficient (Wildman–Crippen LogP) is 1.36. The van der Waals surface area contributed by atoms with Gasteiger partial charge in [-0.15, -0.1) is 10.2 Å². The molecule has 8 nitrogen and oxygen atoms in total. The van der Waals surface area contributed by atoms with Crippen molar-refractivity contribution in [3.05, 3.63) is 47.7 Å². The quantitative estimate of drug-likeness (QED) is 0.794. The van der Waals surface area contributed by atoms with Crippen molar-refractivity contribution in [1.29, 1.82) is 0 Å². The number of sulfone groups is 1. The van der Waals surface area contributed by atoms with Crippen molar-refractivity contribution in [3.8, 4) is 5.75 Å². The van der Waals surface area contributed by atoms with Crippen LogP contribution in [-0.2, 0) is 16.4 Å². The average molecular weight is 390 g/mol. The highest BCUT2D eigenvalue weighted by atomic mass is 32.2. The van der Waals surface area contributed by atoms with E-state index in [1.54, 1.807) is 26.3 Å². The van der Waals surface area contributed by atoms with Gasteiger partial charge in [0.25, 0.3) is 5.91 Å². The fourth-order valence-corrected chi connectivity index (χ4v) is 4.68. The lowest BCUT2D eigenvalue weighted by atomic mass is 10.2. The normalized spacial score (nSPS) is 18.1. The third kappa shape index (κ3) is 4.73. The molecule has 1 aromatic carbocycles. The molecule has 1 aromatic heterocycles. The molecule has 1 atom stereocenters. The van der Waals surface area contributed by atoms with E-state index in [9.17, 15) is 13.2 Å². The van der Waals surface area contributed by atoms with E-state index in [-0.39, 0.29) is 29.1 Å². The predicted molar refractivity (Wildman–Crippen MR) is 102 cm³/mol. The molecule has 0 bridgehead atoms. The van der Waals surface area contributed by atoms with E-state index >= 15 is 0 Å². The molecular weight excluding hydrogens is 368 g/mol. The summed E-state index contributed by atoms with van der Waals surface area (Å²) in [6.07, 6.45) is 0.458. The highest BCUT2D eigenvalue weighted by Crippen LogP contribution is 2.18. The molecule has 144 valence electrons. The molecule has 1 aliphatic heterocycles. The molecule has 2 aromatic rings. The minimum Gasteiger partial charge on any atom is -0.497 e. The van der Waals surface area contributed by atoms with E-state index in [0.29, 0.717) is 18.8 Å². The monoisotopic (exact) mass is 390 g/mol. The molecular formula is C18H22N4O4S. The molecule has 0 radical (unpaired) electrons. The van der Waals surface area contributed by atoms with Gasteiger partial charge in [0, 0.05) is 19.6 Å². The van der Waals surface area contributed by atoms with Crippen molar-refractivity contribution < 1.29 is 17.9 Å². The third-order valence-corrected chi connectivity index (χ3v) is 6.34. The van der Waals surface area contributed by atoms with E-state index in [1.807, 2.05) is 24.3 Å². The van der Waals surface area contributed by atoms with E-state index in [0.717, 1.165) is 11.3 Å². The van der Waals surface area contributed by atoms with Gasteiger partial charge in [-0.1, -0.05) is 12.1 Å². The summed E-state index contributed by atoms with van der Waals surface area (Å²) in [5.41, 5.74) is 1.25. The minimum atomic E-state index is -3.05. The second kappa shape index (κ2) is 7.91. The topological polar surface area (TPSA) is 101 Å².